The van der Waals surface area contributed by atoms with Crippen LogP contribution in [0, 0.1) is 0 Å². The van der Waals surface area contributed by atoms with Gasteiger partial charge in [-0.3, -0.25) is 14.1 Å². The topological polar surface area (TPSA) is 77.4 Å². The third-order valence-electron chi connectivity index (χ3n) is 3.84. The van der Waals surface area contributed by atoms with Crippen LogP contribution >= 0.6 is 0 Å². The number of benzene rings is 1. The average molecular weight is 360 g/mol. The summed E-state index contributed by atoms with van der Waals surface area (Å²) in [6.45, 7) is 10.5. The van der Waals surface area contributed by atoms with Crippen LogP contribution in [0.25, 0.3) is 16.6 Å². The maximum atomic E-state index is 12.4. The Bertz CT molecular complexity index is 1050. The van der Waals surface area contributed by atoms with Crippen molar-refractivity contribution in [2.45, 2.75) is 18.7 Å². The van der Waals surface area contributed by atoms with Gasteiger partial charge in [-0.2, -0.15) is 0 Å². The van der Waals surface area contributed by atoms with Crippen LogP contribution in [0.5, 0.6) is 0 Å². The highest BCUT2D eigenvalue weighted by atomic mass is 32.2. The van der Waals surface area contributed by atoms with Gasteiger partial charge in [0.1, 0.15) is 5.76 Å². The summed E-state index contributed by atoms with van der Waals surface area (Å²) in [5.74, 6) is 0.593. The molecule has 132 valence electrons. The maximum absolute atomic E-state index is 12.4. The molecule has 1 aromatic carbocycles. The molecule has 0 spiro atoms. The first-order valence-corrected chi connectivity index (χ1v) is 8.91. The van der Waals surface area contributed by atoms with E-state index >= 15 is 0 Å². The molecule has 1 N–H and O–H groups in total. The SMILES string of the molecule is C=CC(=C)NS(=O)(=O)c1ccc2c(ccc(=O)n2C(C)=C(C)OC)c1. The molecule has 0 radical (unpaired) electrons. The fourth-order valence-electron chi connectivity index (χ4n) is 2.32. The van der Waals surface area contributed by atoms with Gasteiger partial charge in [-0.05, 0) is 44.2 Å². The standard InChI is InChI=1S/C18H20N2O4S/c1-6-12(2)19-25(22,23)16-8-9-17-15(11-16)7-10-18(21)20(17)13(3)14(4)24-5/h6-11,19H,1-2H2,3-5H3. The lowest BCUT2D eigenvalue weighted by Gasteiger charge is -2.14. The summed E-state index contributed by atoms with van der Waals surface area (Å²) in [5.41, 5.74) is 1.17. The molecule has 7 heteroatoms. The van der Waals surface area contributed by atoms with Crippen LogP contribution in [0.15, 0.2) is 70.7 Å². The summed E-state index contributed by atoms with van der Waals surface area (Å²) in [4.78, 5) is 12.3. The predicted molar refractivity (Wildman–Crippen MR) is 99.4 cm³/mol. The van der Waals surface area contributed by atoms with Crippen LogP contribution in [0.2, 0.25) is 0 Å². The zero-order chi connectivity index (χ0) is 18.8. The van der Waals surface area contributed by atoms with Crippen molar-refractivity contribution >= 4 is 26.6 Å². The van der Waals surface area contributed by atoms with E-state index in [1.165, 1.54) is 36.0 Å². The predicted octanol–water partition coefficient (Wildman–Crippen LogP) is 2.83. The third-order valence-corrected chi connectivity index (χ3v) is 5.24. The molecular formula is C18H20N2O4S. The number of ether oxygens (including phenoxy) is 1. The number of allylic oxidation sites excluding steroid dienone is 3. The summed E-state index contributed by atoms with van der Waals surface area (Å²) < 4.78 is 33.7. The van der Waals surface area contributed by atoms with Gasteiger partial charge in [0.25, 0.3) is 15.6 Å². The molecule has 1 heterocycles. The number of nitrogens with zero attached hydrogens (tertiary/aromatic N) is 1. The summed E-state index contributed by atoms with van der Waals surface area (Å²) >= 11 is 0. The fourth-order valence-corrected chi connectivity index (χ4v) is 3.39. The van der Waals surface area contributed by atoms with Gasteiger partial charge in [0, 0.05) is 17.1 Å². The highest BCUT2D eigenvalue weighted by molar-refractivity contribution is 7.89. The van der Waals surface area contributed by atoms with Gasteiger partial charge in [0.15, 0.2) is 0 Å². The lowest BCUT2D eigenvalue weighted by Crippen LogP contribution is -2.22. The number of pyridine rings is 1. The van der Waals surface area contributed by atoms with Crippen LogP contribution in [0.1, 0.15) is 13.8 Å². The summed E-state index contributed by atoms with van der Waals surface area (Å²) in [5, 5.41) is 0.606. The molecule has 0 atom stereocenters. The summed E-state index contributed by atoms with van der Waals surface area (Å²) in [7, 11) is -2.25. The van der Waals surface area contributed by atoms with E-state index in [1.807, 2.05) is 0 Å². The number of hydrogen-bond donors (Lipinski definition) is 1. The van der Waals surface area contributed by atoms with Crippen LogP contribution in [-0.4, -0.2) is 20.1 Å². The van der Waals surface area contributed by atoms with Crippen molar-refractivity contribution in [2.75, 3.05) is 7.11 Å². The zero-order valence-corrected chi connectivity index (χ0v) is 15.2. The molecule has 2 rings (SSSR count). The van der Waals surface area contributed by atoms with E-state index in [1.54, 1.807) is 26.0 Å². The largest absolute Gasteiger partial charge is 0.500 e. The molecule has 0 aliphatic rings. The van der Waals surface area contributed by atoms with E-state index in [0.29, 0.717) is 22.4 Å². The number of aromatic nitrogens is 1. The molecule has 1 aromatic heterocycles. The quantitative estimate of drug-likeness (QED) is 0.635. The molecule has 25 heavy (non-hydrogen) atoms. The Balaban J connectivity index is 2.69. The van der Waals surface area contributed by atoms with Gasteiger partial charge in [0.2, 0.25) is 0 Å². The van der Waals surface area contributed by atoms with Crippen molar-refractivity contribution in [3.05, 3.63) is 71.4 Å². The molecule has 0 aliphatic carbocycles. The highest BCUT2D eigenvalue weighted by Crippen LogP contribution is 2.21. The van der Waals surface area contributed by atoms with Gasteiger partial charge in [-0.15, -0.1) is 0 Å². The monoisotopic (exact) mass is 360 g/mol. The summed E-state index contributed by atoms with van der Waals surface area (Å²) in [6, 6.07) is 7.51. The van der Waals surface area contributed by atoms with E-state index in [4.69, 9.17) is 4.74 Å². The van der Waals surface area contributed by atoms with Crippen LogP contribution in [-0.2, 0) is 14.8 Å². The lowest BCUT2D eigenvalue weighted by atomic mass is 10.2. The van der Waals surface area contributed by atoms with Crippen molar-refractivity contribution in [3.8, 4) is 0 Å². The number of nitrogens with one attached hydrogen (secondary N) is 1. The minimum atomic E-state index is -3.77. The first kappa shape index (κ1) is 18.5. The number of hydrogen-bond acceptors (Lipinski definition) is 4. The minimum absolute atomic E-state index is 0.0679. The van der Waals surface area contributed by atoms with Gasteiger partial charge in [0.05, 0.1) is 23.2 Å². The lowest BCUT2D eigenvalue weighted by molar-refractivity contribution is 0.293. The van der Waals surface area contributed by atoms with Crippen molar-refractivity contribution < 1.29 is 13.2 Å². The molecule has 0 bridgehead atoms. The van der Waals surface area contributed by atoms with Crippen molar-refractivity contribution in [2.24, 2.45) is 0 Å². The minimum Gasteiger partial charge on any atom is -0.500 e. The van der Waals surface area contributed by atoms with Crippen molar-refractivity contribution in [1.29, 1.82) is 0 Å². The van der Waals surface area contributed by atoms with Crippen molar-refractivity contribution in [1.82, 2.24) is 9.29 Å². The van der Waals surface area contributed by atoms with Crippen LogP contribution in [0.3, 0.4) is 0 Å². The van der Waals surface area contributed by atoms with E-state index in [2.05, 4.69) is 17.9 Å². The molecule has 2 aromatic rings. The highest BCUT2D eigenvalue weighted by Gasteiger charge is 2.16. The van der Waals surface area contributed by atoms with Gasteiger partial charge >= 0.3 is 0 Å². The number of rotatable bonds is 6. The Morgan fingerprint density at radius 3 is 2.52 bits per heavy atom. The van der Waals surface area contributed by atoms with Gasteiger partial charge < -0.3 is 4.74 Å². The third kappa shape index (κ3) is 3.66. The molecular weight excluding hydrogens is 340 g/mol. The number of sulfonamides is 1. The Kier molecular flexibility index (Phi) is 5.18. The van der Waals surface area contributed by atoms with Crippen molar-refractivity contribution in [3.63, 3.8) is 0 Å². The van der Waals surface area contributed by atoms with E-state index in [9.17, 15) is 13.2 Å². The Labute approximate surface area is 146 Å². The van der Waals surface area contributed by atoms with E-state index < -0.39 is 10.0 Å². The molecule has 0 aliphatic heterocycles. The molecule has 0 unspecified atom stereocenters. The van der Waals surface area contributed by atoms with E-state index in [-0.39, 0.29) is 16.2 Å². The second-order valence-electron chi connectivity index (χ2n) is 5.41. The second-order valence-corrected chi connectivity index (χ2v) is 7.09. The Morgan fingerprint density at radius 1 is 1.24 bits per heavy atom. The number of fused-ring (bicyclic) bond motifs is 1. The smallest absolute Gasteiger partial charge is 0.261 e. The zero-order valence-electron chi connectivity index (χ0n) is 14.4. The first-order chi connectivity index (χ1) is 11.7. The molecule has 6 nitrogen and oxygen atoms in total. The van der Waals surface area contributed by atoms with Crippen LogP contribution in [0.4, 0.5) is 0 Å². The molecule has 0 saturated heterocycles. The van der Waals surface area contributed by atoms with Gasteiger partial charge in [-0.25, -0.2) is 8.42 Å². The first-order valence-electron chi connectivity index (χ1n) is 7.43. The molecule has 0 fully saturated rings. The Morgan fingerprint density at radius 2 is 1.92 bits per heavy atom. The molecule has 0 saturated carbocycles. The molecule has 0 amide bonds. The Hall–Kier alpha value is -2.80. The fraction of sp³-hybridized carbons (Fsp3) is 0.167. The van der Waals surface area contributed by atoms with Crippen LogP contribution < -0.4 is 10.3 Å². The second kappa shape index (κ2) is 6.98. The average Bonchev–Trinajstić information content (AvgIpc) is 2.59. The normalized spacial score (nSPS) is 12.4. The maximum Gasteiger partial charge on any atom is 0.261 e. The van der Waals surface area contributed by atoms with Gasteiger partial charge in [-0.1, -0.05) is 13.2 Å². The number of methoxy groups -OCH3 is 1. The summed E-state index contributed by atoms with van der Waals surface area (Å²) in [6.07, 6.45) is 1.32. The van der Waals surface area contributed by atoms with E-state index in [0.717, 1.165) is 0 Å².